The summed E-state index contributed by atoms with van der Waals surface area (Å²) >= 11 is 0. The molecule has 0 aliphatic carbocycles. The third-order valence-corrected chi connectivity index (χ3v) is 6.48. The highest BCUT2D eigenvalue weighted by Crippen LogP contribution is 2.18. The van der Waals surface area contributed by atoms with Crippen molar-refractivity contribution < 1.29 is 8.42 Å². The van der Waals surface area contributed by atoms with Crippen LogP contribution in [-0.2, 0) is 16.4 Å². The molecule has 1 aromatic heterocycles. The molecule has 0 atom stereocenters. The fourth-order valence-electron chi connectivity index (χ4n) is 3.28. The van der Waals surface area contributed by atoms with E-state index in [4.69, 9.17) is 0 Å². The van der Waals surface area contributed by atoms with Gasteiger partial charge >= 0.3 is 0 Å². The lowest BCUT2D eigenvalue weighted by atomic mass is 10.2. The minimum atomic E-state index is -3.34. The van der Waals surface area contributed by atoms with Gasteiger partial charge in [-0.3, -0.25) is 0 Å². The Hall–Kier alpha value is -3.13. The standard InChI is InChI=1S/C23H29N5O2S/c1-4-24-23(25-14-15-31(29,30)21-11-6-5-7-12-21)26-17-20-10-8-9-13-22(20)28-19(3)16-18(2)27-28/h5-13,16H,4,14-15,17H2,1-3H3,(H2,24,25,26). The van der Waals surface area contributed by atoms with Gasteiger partial charge in [0.05, 0.1) is 28.6 Å². The molecule has 0 radical (unpaired) electrons. The molecule has 3 aromatic rings. The number of nitrogens with one attached hydrogen (secondary N) is 2. The molecule has 8 heteroatoms. The van der Waals surface area contributed by atoms with Crippen molar-refractivity contribution in [3.8, 4) is 5.69 Å². The highest BCUT2D eigenvalue weighted by molar-refractivity contribution is 7.91. The summed E-state index contributed by atoms with van der Waals surface area (Å²) in [6.07, 6.45) is 0. The van der Waals surface area contributed by atoms with Crippen LogP contribution in [0.4, 0.5) is 0 Å². The van der Waals surface area contributed by atoms with Crippen LogP contribution in [0.5, 0.6) is 0 Å². The Bertz CT molecular complexity index is 1140. The van der Waals surface area contributed by atoms with Crippen LogP contribution in [0.3, 0.4) is 0 Å². The van der Waals surface area contributed by atoms with Crippen LogP contribution < -0.4 is 10.6 Å². The Morgan fingerprint density at radius 1 is 1.03 bits per heavy atom. The number of guanidine groups is 1. The fraction of sp³-hybridized carbons (Fsp3) is 0.304. The second-order valence-corrected chi connectivity index (χ2v) is 9.33. The summed E-state index contributed by atoms with van der Waals surface area (Å²) in [7, 11) is -3.34. The van der Waals surface area contributed by atoms with Crippen molar-refractivity contribution in [3.63, 3.8) is 0 Å². The summed E-state index contributed by atoms with van der Waals surface area (Å²) < 4.78 is 26.9. The number of aromatic nitrogens is 2. The molecule has 1 heterocycles. The lowest BCUT2D eigenvalue weighted by molar-refractivity contribution is 0.594. The molecule has 0 spiro atoms. The monoisotopic (exact) mass is 439 g/mol. The van der Waals surface area contributed by atoms with Crippen molar-refractivity contribution in [2.45, 2.75) is 32.2 Å². The Morgan fingerprint density at radius 3 is 2.42 bits per heavy atom. The van der Waals surface area contributed by atoms with E-state index in [2.05, 4.69) is 20.7 Å². The number of aryl methyl sites for hydroxylation is 2. The molecule has 2 aromatic carbocycles. The molecule has 164 valence electrons. The van der Waals surface area contributed by atoms with Crippen LogP contribution in [-0.4, -0.2) is 43.0 Å². The number of aliphatic imine (C=N–C) groups is 1. The minimum absolute atomic E-state index is 0.0101. The first-order valence-corrected chi connectivity index (χ1v) is 12.0. The zero-order valence-electron chi connectivity index (χ0n) is 18.2. The lowest BCUT2D eigenvalue weighted by Crippen LogP contribution is -2.39. The predicted molar refractivity (Wildman–Crippen MR) is 124 cm³/mol. The molecule has 0 aliphatic heterocycles. The average molecular weight is 440 g/mol. The minimum Gasteiger partial charge on any atom is -0.357 e. The predicted octanol–water partition coefficient (Wildman–Crippen LogP) is 3.02. The maximum absolute atomic E-state index is 12.5. The molecule has 0 fully saturated rings. The topological polar surface area (TPSA) is 88.4 Å². The molecule has 31 heavy (non-hydrogen) atoms. The maximum atomic E-state index is 12.5. The van der Waals surface area contributed by atoms with E-state index < -0.39 is 9.84 Å². The molecule has 7 nitrogen and oxygen atoms in total. The van der Waals surface area contributed by atoms with Crippen LogP contribution >= 0.6 is 0 Å². The third-order valence-electron chi connectivity index (χ3n) is 4.75. The second kappa shape index (κ2) is 10.3. The van der Waals surface area contributed by atoms with Gasteiger partial charge in [0.2, 0.25) is 0 Å². The van der Waals surface area contributed by atoms with Crippen molar-refractivity contribution in [2.24, 2.45) is 4.99 Å². The molecule has 0 saturated carbocycles. The average Bonchev–Trinajstić information content (AvgIpc) is 3.10. The Labute approximate surface area is 184 Å². The first-order chi connectivity index (χ1) is 14.9. The summed E-state index contributed by atoms with van der Waals surface area (Å²) in [4.78, 5) is 4.99. The van der Waals surface area contributed by atoms with Crippen LogP contribution in [0.2, 0.25) is 0 Å². The van der Waals surface area contributed by atoms with Crippen LogP contribution in [0.15, 0.2) is 70.6 Å². The van der Waals surface area contributed by atoms with E-state index in [1.165, 1.54) is 0 Å². The summed E-state index contributed by atoms with van der Waals surface area (Å²) in [6.45, 7) is 7.36. The lowest BCUT2D eigenvalue weighted by Gasteiger charge is -2.13. The van der Waals surface area contributed by atoms with E-state index in [1.54, 1.807) is 30.3 Å². The van der Waals surface area contributed by atoms with Gasteiger partial charge in [0.1, 0.15) is 0 Å². The van der Waals surface area contributed by atoms with Crippen molar-refractivity contribution in [1.29, 1.82) is 0 Å². The zero-order valence-corrected chi connectivity index (χ0v) is 19.0. The molecule has 0 saturated heterocycles. The number of hydrogen-bond acceptors (Lipinski definition) is 4. The van der Waals surface area contributed by atoms with Gasteiger partial charge < -0.3 is 10.6 Å². The fourth-order valence-corrected chi connectivity index (χ4v) is 4.46. The van der Waals surface area contributed by atoms with Gasteiger partial charge in [-0.1, -0.05) is 36.4 Å². The van der Waals surface area contributed by atoms with Crippen molar-refractivity contribution in [1.82, 2.24) is 20.4 Å². The SMILES string of the molecule is CCNC(=NCc1ccccc1-n1nc(C)cc1C)NCCS(=O)(=O)c1ccccc1. The highest BCUT2D eigenvalue weighted by Gasteiger charge is 2.14. The molecule has 0 bridgehead atoms. The Kier molecular flexibility index (Phi) is 7.46. The second-order valence-electron chi connectivity index (χ2n) is 7.22. The molecule has 2 N–H and O–H groups in total. The van der Waals surface area contributed by atoms with Gasteiger partial charge in [-0.15, -0.1) is 0 Å². The van der Waals surface area contributed by atoms with Crippen LogP contribution in [0.1, 0.15) is 23.9 Å². The van der Waals surface area contributed by atoms with E-state index in [0.29, 0.717) is 23.9 Å². The smallest absolute Gasteiger partial charge is 0.191 e. The number of sulfone groups is 1. The number of nitrogens with zero attached hydrogens (tertiary/aromatic N) is 3. The molecule has 0 amide bonds. The number of benzene rings is 2. The first kappa shape index (κ1) is 22.6. The van der Waals surface area contributed by atoms with Gasteiger partial charge in [0.25, 0.3) is 0 Å². The summed E-state index contributed by atoms with van der Waals surface area (Å²) in [6, 6.07) is 18.5. The Balaban J connectivity index is 1.70. The quantitative estimate of drug-likeness (QED) is 0.416. The van der Waals surface area contributed by atoms with Crippen molar-refractivity contribution in [3.05, 3.63) is 77.6 Å². The number of rotatable bonds is 8. The van der Waals surface area contributed by atoms with Crippen molar-refractivity contribution >= 4 is 15.8 Å². The maximum Gasteiger partial charge on any atom is 0.191 e. The van der Waals surface area contributed by atoms with Gasteiger partial charge in [-0.2, -0.15) is 5.10 Å². The van der Waals surface area contributed by atoms with E-state index in [0.717, 1.165) is 22.6 Å². The summed E-state index contributed by atoms with van der Waals surface area (Å²) in [5.74, 6) is 0.568. The highest BCUT2D eigenvalue weighted by atomic mass is 32.2. The molecular weight excluding hydrogens is 410 g/mol. The molecular formula is C23H29N5O2S. The molecule has 0 unspecified atom stereocenters. The summed E-state index contributed by atoms with van der Waals surface area (Å²) in [5.41, 5.74) is 4.04. The Morgan fingerprint density at radius 2 is 1.74 bits per heavy atom. The first-order valence-electron chi connectivity index (χ1n) is 10.3. The van der Waals surface area contributed by atoms with Crippen LogP contribution in [0, 0.1) is 13.8 Å². The van der Waals surface area contributed by atoms with Gasteiger partial charge in [0, 0.05) is 18.8 Å². The van der Waals surface area contributed by atoms with E-state index in [9.17, 15) is 8.42 Å². The number of hydrogen-bond donors (Lipinski definition) is 2. The van der Waals surface area contributed by atoms with E-state index >= 15 is 0 Å². The third kappa shape index (κ3) is 5.95. The zero-order chi connectivity index (χ0) is 22.3. The molecule has 3 rings (SSSR count). The largest absolute Gasteiger partial charge is 0.357 e. The van der Waals surface area contributed by atoms with Crippen LogP contribution in [0.25, 0.3) is 5.69 Å². The van der Waals surface area contributed by atoms with Gasteiger partial charge in [-0.05, 0) is 50.6 Å². The summed E-state index contributed by atoms with van der Waals surface area (Å²) in [5, 5.41) is 10.9. The van der Waals surface area contributed by atoms with E-state index in [1.807, 2.05) is 55.8 Å². The van der Waals surface area contributed by atoms with E-state index in [-0.39, 0.29) is 12.3 Å². The van der Waals surface area contributed by atoms with Crippen molar-refractivity contribution in [2.75, 3.05) is 18.8 Å². The van der Waals surface area contributed by atoms with Gasteiger partial charge in [0.15, 0.2) is 15.8 Å². The normalized spacial score (nSPS) is 12.0. The number of para-hydroxylation sites is 1. The van der Waals surface area contributed by atoms with Gasteiger partial charge in [-0.25, -0.2) is 18.1 Å². The molecule has 0 aliphatic rings.